The molecule has 0 aromatic rings. The summed E-state index contributed by atoms with van der Waals surface area (Å²) in [5.74, 6) is -1.12. The molecule has 0 aliphatic carbocycles. The molecule has 1 aliphatic heterocycles. The van der Waals surface area contributed by atoms with Crippen LogP contribution in [0.25, 0.3) is 0 Å². The van der Waals surface area contributed by atoms with Crippen LogP contribution in [0.3, 0.4) is 0 Å². The summed E-state index contributed by atoms with van der Waals surface area (Å²) in [7, 11) is -7.22. The van der Waals surface area contributed by atoms with E-state index in [1.54, 1.807) is 0 Å². The smallest absolute Gasteiger partial charge is 0.202 e. The number of sulfone groups is 2. The molecule has 8 heteroatoms. The van der Waals surface area contributed by atoms with Crippen LogP contribution in [0, 0.1) is 0 Å². The molecule has 0 unspecified atom stereocenters. The van der Waals surface area contributed by atoms with Gasteiger partial charge in [0.1, 0.15) is 0 Å². The van der Waals surface area contributed by atoms with E-state index in [1.807, 2.05) is 0 Å². The molecular formula is C6H6Cl2O4S2. The summed E-state index contributed by atoms with van der Waals surface area (Å²) in [6.07, 6.45) is 0. The molecule has 4 nitrogen and oxygen atoms in total. The van der Waals surface area contributed by atoms with Crippen molar-refractivity contribution in [1.82, 2.24) is 0 Å². The highest BCUT2D eigenvalue weighted by molar-refractivity contribution is 8.04. The zero-order valence-corrected chi connectivity index (χ0v) is 9.92. The molecule has 0 spiro atoms. The zero-order valence-electron chi connectivity index (χ0n) is 6.77. The third-order valence-electron chi connectivity index (χ3n) is 1.66. The molecule has 1 heterocycles. The molecule has 0 N–H and O–H groups in total. The van der Waals surface area contributed by atoms with Crippen LogP contribution in [-0.2, 0) is 19.7 Å². The second kappa shape index (κ2) is 3.84. The van der Waals surface area contributed by atoms with Gasteiger partial charge in [0.05, 0.1) is 21.3 Å². The Morgan fingerprint density at radius 1 is 0.929 bits per heavy atom. The first-order chi connectivity index (χ1) is 6.33. The minimum absolute atomic E-state index is 0.336. The van der Waals surface area contributed by atoms with E-state index in [4.69, 9.17) is 23.2 Å². The molecule has 14 heavy (non-hydrogen) atoms. The van der Waals surface area contributed by atoms with E-state index < -0.39 is 31.2 Å². The lowest BCUT2D eigenvalue weighted by Crippen LogP contribution is -2.28. The molecule has 0 amide bonds. The average Bonchev–Trinajstić information content (AvgIpc) is 2.08. The Labute approximate surface area is 92.0 Å². The summed E-state index contributed by atoms with van der Waals surface area (Å²) < 4.78 is 45.4. The highest BCUT2D eigenvalue weighted by atomic mass is 35.5. The third-order valence-corrected chi connectivity index (χ3v) is 6.22. The fourth-order valence-corrected chi connectivity index (χ4v) is 6.05. The van der Waals surface area contributed by atoms with Gasteiger partial charge in [-0.25, -0.2) is 16.8 Å². The number of hydrogen-bond donors (Lipinski definition) is 0. The van der Waals surface area contributed by atoms with Crippen LogP contribution >= 0.6 is 23.2 Å². The zero-order chi connectivity index (χ0) is 11.0. The molecule has 1 fully saturated rings. The summed E-state index contributed by atoms with van der Waals surface area (Å²) in [6, 6.07) is 0. The summed E-state index contributed by atoms with van der Waals surface area (Å²) in [4.78, 5) is -0.672. The van der Waals surface area contributed by atoms with Crippen molar-refractivity contribution in [1.29, 1.82) is 0 Å². The van der Waals surface area contributed by atoms with Gasteiger partial charge in [-0.3, -0.25) is 0 Å². The number of halogens is 2. The molecule has 1 aliphatic rings. The first-order valence-electron chi connectivity index (χ1n) is 3.37. The minimum atomic E-state index is -3.76. The largest absolute Gasteiger partial charge is 0.228 e. The van der Waals surface area contributed by atoms with Crippen molar-refractivity contribution < 1.29 is 16.8 Å². The van der Waals surface area contributed by atoms with Crippen LogP contribution in [-0.4, -0.2) is 28.3 Å². The van der Waals surface area contributed by atoms with E-state index in [2.05, 4.69) is 0 Å². The SMILES string of the molecule is O=S1(=O)C/C(=C\Cl)S(=O)(=O)/C(=C/Cl)C1. The van der Waals surface area contributed by atoms with Crippen LogP contribution < -0.4 is 0 Å². The number of rotatable bonds is 0. The molecular weight excluding hydrogens is 271 g/mol. The maximum atomic E-state index is 11.5. The van der Waals surface area contributed by atoms with E-state index in [0.717, 1.165) is 11.1 Å². The van der Waals surface area contributed by atoms with Gasteiger partial charge in [0.2, 0.25) is 9.84 Å². The first kappa shape index (κ1) is 12.0. The summed E-state index contributed by atoms with van der Waals surface area (Å²) >= 11 is 10.5. The Balaban J connectivity index is 3.41. The lowest BCUT2D eigenvalue weighted by atomic mass is 10.7. The van der Waals surface area contributed by atoms with Gasteiger partial charge in [-0.05, 0) is 0 Å². The topological polar surface area (TPSA) is 68.3 Å². The van der Waals surface area contributed by atoms with Gasteiger partial charge in [0.25, 0.3) is 0 Å². The second-order valence-electron chi connectivity index (χ2n) is 2.69. The summed E-state index contributed by atoms with van der Waals surface area (Å²) in [5.41, 5.74) is 1.51. The molecule has 1 saturated heterocycles. The standard InChI is InChI=1S/C6H6Cl2O4S2/c7-1-5-3-13(9,10)4-6(2-8)14(5,11)12/h1-2H,3-4H2/b5-1+,6-2+. The monoisotopic (exact) mass is 276 g/mol. The highest BCUT2D eigenvalue weighted by Crippen LogP contribution is 2.27. The maximum absolute atomic E-state index is 11.5. The van der Waals surface area contributed by atoms with Gasteiger partial charge < -0.3 is 0 Å². The van der Waals surface area contributed by atoms with Crippen LogP contribution in [0.2, 0.25) is 0 Å². The Kier molecular flexibility index (Phi) is 3.30. The molecule has 0 atom stereocenters. The van der Waals surface area contributed by atoms with Crippen molar-refractivity contribution in [3.05, 3.63) is 20.9 Å². The molecule has 0 bridgehead atoms. The normalized spacial score (nSPS) is 30.7. The second-order valence-corrected chi connectivity index (χ2v) is 7.24. The molecule has 0 radical (unpaired) electrons. The van der Waals surface area contributed by atoms with E-state index >= 15 is 0 Å². The van der Waals surface area contributed by atoms with Gasteiger partial charge >= 0.3 is 0 Å². The lowest BCUT2D eigenvalue weighted by Gasteiger charge is -2.16. The van der Waals surface area contributed by atoms with Crippen molar-refractivity contribution in [2.45, 2.75) is 0 Å². The van der Waals surface area contributed by atoms with E-state index in [-0.39, 0.29) is 9.81 Å². The molecule has 1 rings (SSSR count). The van der Waals surface area contributed by atoms with E-state index in [0.29, 0.717) is 0 Å². The fourth-order valence-electron chi connectivity index (χ4n) is 0.988. The van der Waals surface area contributed by atoms with E-state index in [9.17, 15) is 16.8 Å². The van der Waals surface area contributed by atoms with Crippen molar-refractivity contribution in [3.8, 4) is 0 Å². The fraction of sp³-hybridized carbons (Fsp3) is 0.333. The molecule has 0 aromatic heterocycles. The van der Waals surface area contributed by atoms with Gasteiger partial charge in [-0.15, -0.1) is 0 Å². The first-order valence-corrected chi connectivity index (χ1v) is 7.55. The number of hydrogen-bond acceptors (Lipinski definition) is 4. The Morgan fingerprint density at radius 3 is 1.57 bits per heavy atom. The predicted octanol–water partition coefficient (Wildman–Crippen LogP) is 0.990. The van der Waals surface area contributed by atoms with E-state index in [1.165, 1.54) is 0 Å². The summed E-state index contributed by atoms with van der Waals surface area (Å²) in [6.45, 7) is 0. The summed E-state index contributed by atoms with van der Waals surface area (Å²) in [5, 5.41) is 0. The molecule has 0 saturated carbocycles. The van der Waals surface area contributed by atoms with Gasteiger partial charge in [0, 0.05) is 11.1 Å². The predicted molar refractivity (Wildman–Crippen MR) is 55.4 cm³/mol. The minimum Gasteiger partial charge on any atom is -0.228 e. The molecule has 80 valence electrons. The molecule has 0 aromatic carbocycles. The van der Waals surface area contributed by atoms with Gasteiger partial charge in [-0.1, -0.05) is 23.2 Å². The van der Waals surface area contributed by atoms with Gasteiger partial charge in [0.15, 0.2) is 9.84 Å². The average molecular weight is 277 g/mol. The maximum Gasteiger partial charge on any atom is 0.202 e. The lowest BCUT2D eigenvalue weighted by molar-refractivity contribution is 0.590. The van der Waals surface area contributed by atoms with Crippen LogP contribution in [0.1, 0.15) is 0 Å². The van der Waals surface area contributed by atoms with Crippen molar-refractivity contribution in [3.63, 3.8) is 0 Å². The highest BCUT2D eigenvalue weighted by Gasteiger charge is 2.35. The van der Waals surface area contributed by atoms with Crippen molar-refractivity contribution >= 4 is 42.9 Å². The van der Waals surface area contributed by atoms with Crippen LogP contribution in [0.4, 0.5) is 0 Å². The Bertz CT molecular complexity index is 464. The van der Waals surface area contributed by atoms with Crippen molar-refractivity contribution in [2.24, 2.45) is 0 Å². The Morgan fingerprint density at radius 2 is 1.29 bits per heavy atom. The Hall–Kier alpha value is -0.0400. The third kappa shape index (κ3) is 2.13. The quantitative estimate of drug-likeness (QED) is 0.662. The van der Waals surface area contributed by atoms with Crippen molar-refractivity contribution in [2.75, 3.05) is 11.5 Å². The van der Waals surface area contributed by atoms with Gasteiger partial charge in [-0.2, -0.15) is 0 Å². The van der Waals surface area contributed by atoms with Crippen LogP contribution in [0.15, 0.2) is 20.9 Å². The van der Waals surface area contributed by atoms with Crippen LogP contribution in [0.5, 0.6) is 0 Å².